The Kier molecular flexibility index (Phi) is 4.15. The van der Waals surface area contributed by atoms with Gasteiger partial charge in [-0.15, -0.1) is 0 Å². The number of quaternary nitrogens is 1. The molecule has 0 bridgehead atoms. The number of anilines is 1. The van der Waals surface area contributed by atoms with Gasteiger partial charge in [-0.2, -0.15) is 0 Å². The first-order valence-electron chi connectivity index (χ1n) is 6.50. The standard InChI is InChI=1S/C15H20N2O/c1-3-6-16-7-9-17(10-8-16)15-5-4-14(12-18)13(2)11-15/h3-5,11-12H,1,6-10H2,2H3/p+1. The highest BCUT2D eigenvalue weighted by Crippen LogP contribution is 2.18. The summed E-state index contributed by atoms with van der Waals surface area (Å²) in [5, 5.41) is 0. The molecule has 1 saturated heterocycles. The number of hydrogen-bond donors (Lipinski definition) is 1. The van der Waals surface area contributed by atoms with Gasteiger partial charge in [0.25, 0.3) is 0 Å². The molecule has 0 radical (unpaired) electrons. The number of carbonyl (C=O) groups is 1. The zero-order valence-corrected chi connectivity index (χ0v) is 11.0. The maximum atomic E-state index is 10.8. The summed E-state index contributed by atoms with van der Waals surface area (Å²) < 4.78 is 0. The van der Waals surface area contributed by atoms with Crippen molar-refractivity contribution in [3.8, 4) is 0 Å². The third kappa shape index (κ3) is 2.79. The van der Waals surface area contributed by atoms with Crippen molar-refractivity contribution in [2.75, 3.05) is 37.6 Å². The summed E-state index contributed by atoms with van der Waals surface area (Å²) in [7, 11) is 0. The molecule has 1 heterocycles. The second-order valence-corrected chi connectivity index (χ2v) is 4.89. The lowest BCUT2D eigenvalue weighted by atomic mass is 10.1. The summed E-state index contributed by atoms with van der Waals surface area (Å²) in [5.41, 5.74) is 3.08. The summed E-state index contributed by atoms with van der Waals surface area (Å²) >= 11 is 0. The van der Waals surface area contributed by atoms with E-state index in [0.717, 1.165) is 50.1 Å². The maximum absolute atomic E-state index is 10.8. The number of hydrogen-bond acceptors (Lipinski definition) is 2. The molecular weight excluding hydrogens is 224 g/mol. The van der Waals surface area contributed by atoms with Gasteiger partial charge in [-0.1, -0.05) is 6.58 Å². The monoisotopic (exact) mass is 245 g/mol. The molecule has 0 saturated carbocycles. The van der Waals surface area contributed by atoms with Gasteiger partial charge in [0.1, 0.15) is 6.29 Å². The highest BCUT2D eigenvalue weighted by Gasteiger charge is 2.19. The number of nitrogens with zero attached hydrogens (tertiary/aromatic N) is 1. The Morgan fingerprint density at radius 1 is 1.39 bits per heavy atom. The topological polar surface area (TPSA) is 24.8 Å². The number of piperazine rings is 1. The van der Waals surface area contributed by atoms with E-state index in [9.17, 15) is 4.79 Å². The third-order valence-electron chi connectivity index (χ3n) is 3.65. The first kappa shape index (κ1) is 12.8. The minimum Gasteiger partial charge on any atom is -0.360 e. The van der Waals surface area contributed by atoms with E-state index in [1.54, 1.807) is 4.90 Å². The summed E-state index contributed by atoms with van der Waals surface area (Å²) in [4.78, 5) is 14.8. The van der Waals surface area contributed by atoms with E-state index in [2.05, 4.69) is 23.6 Å². The van der Waals surface area contributed by atoms with Gasteiger partial charge in [0, 0.05) is 11.3 Å². The zero-order chi connectivity index (χ0) is 13.0. The molecule has 1 aromatic carbocycles. The van der Waals surface area contributed by atoms with Crippen LogP contribution in [0.15, 0.2) is 30.9 Å². The fourth-order valence-corrected chi connectivity index (χ4v) is 2.48. The van der Waals surface area contributed by atoms with Crippen LogP contribution < -0.4 is 9.80 Å². The quantitative estimate of drug-likeness (QED) is 0.624. The molecule has 2 rings (SSSR count). The fourth-order valence-electron chi connectivity index (χ4n) is 2.48. The summed E-state index contributed by atoms with van der Waals surface area (Å²) in [6.07, 6.45) is 2.92. The van der Waals surface area contributed by atoms with E-state index in [1.807, 2.05) is 19.1 Å². The molecule has 3 nitrogen and oxygen atoms in total. The number of aldehydes is 1. The Morgan fingerprint density at radius 3 is 2.67 bits per heavy atom. The molecule has 18 heavy (non-hydrogen) atoms. The third-order valence-corrected chi connectivity index (χ3v) is 3.65. The van der Waals surface area contributed by atoms with E-state index in [4.69, 9.17) is 0 Å². The number of rotatable bonds is 4. The fraction of sp³-hybridized carbons (Fsp3) is 0.400. The van der Waals surface area contributed by atoms with Crippen LogP contribution in [0.5, 0.6) is 0 Å². The number of benzene rings is 1. The molecule has 1 fully saturated rings. The Morgan fingerprint density at radius 2 is 2.11 bits per heavy atom. The predicted molar refractivity (Wildman–Crippen MR) is 74.5 cm³/mol. The first-order valence-corrected chi connectivity index (χ1v) is 6.50. The van der Waals surface area contributed by atoms with Gasteiger partial charge in [-0.3, -0.25) is 4.79 Å². The normalized spacial score (nSPS) is 16.6. The molecule has 1 aliphatic heterocycles. The molecule has 0 aliphatic carbocycles. The van der Waals surface area contributed by atoms with Crippen LogP contribution in [0.1, 0.15) is 15.9 Å². The van der Waals surface area contributed by atoms with Gasteiger partial charge in [0.2, 0.25) is 0 Å². The Hall–Kier alpha value is -1.61. The van der Waals surface area contributed by atoms with Crippen molar-refractivity contribution in [3.63, 3.8) is 0 Å². The lowest BCUT2D eigenvalue weighted by molar-refractivity contribution is -0.894. The van der Waals surface area contributed by atoms with Crippen LogP contribution in [-0.2, 0) is 0 Å². The molecule has 1 aliphatic rings. The number of carbonyl (C=O) groups excluding carboxylic acids is 1. The highest BCUT2D eigenvalue weighted by molar-refractivity contribution is 5.78. The Bertz CT molecular complexity index is 434. The highest BCUT2D eigenvalue weighted by atomic mass is 16.1. The van der Waals surface area contributed by atoms with Crippen molar-refractivity contribution in [1.29, 1.82) is 0 Å². The van der Waals surface area contributed by atoms with Gasteiger partial charge < -0.3 is 9.80 Å². The van der Waals surface area contributed by atoms with E-state index in [1.165, 1.54) is 5.69 Å². The van der Waals surface area contributed by atoms with Crippen LogP contribution in [-0.4, -0.2) is 39.0 Å². The average Bonchev–Trinajstić information content (AvgIpc) is 2.40. The van der Waals surface area contributed by atoms with Crippen molar-refractivity contribution in [1.82, 2.24) is 0 Å². The van der Waals surface area contributed by atoms with Crippen molar-refractivity contribution in [2.45, 2.75) is 6.92 Å². The molecule has 0 spiro atoms. The average molecular weight is 245 g/mol. The molecule has 96 valence electrons. The molecule has 0 unspecified atom stereocenters. The summed E-state index contributed by atoms with van der Waals surface area (Å²) in [6.45, 7) is 11.3. The lowest BCUT2D eigenvalue weighted by Gasteiger charge is -2.33. The van der Waals surface area contributed by atoms with Gasteiger partial charge in [-0.25, -0.2) is 0 Å². The van der Waals surface area contributed by atoms with Crippen LogP contribution in [0.25, 0.3) is 0 Å². The molecule has 0 aromatic heterocycles. The predicted octanol–water partition coefficient (Wildman–Crippen LogP) is 0.698. The van der Waals surface area contributed by atoms with Crippen LogP contribution in [0.4, 0.5) is 5.69 Å². The first-order chi connectivity index (χ1) is 8.74. The SMILES string of the molecule is C=CC[NH+]1CCN(c2ccc(C=O)c(C)c2)CC1. The van der Waals surface area contributed by atoms with Gasteiger partial charge in [-0.05, 0) is 36.8 Å². The summed E-state index contributed by atoms with van der Waals surface area (Å²) in [6, 6.07) is 6.08. The van der Waals surface area contributed by atoms with Crippen LogP contribution in [0, 0.1) is 6.92 Å². The van der Waals surface area contributed by atoms with Crippen LogP contribution >= 0.6 is 0 Å². The minimum absolute atomic E-state index is 0.787. The van der Waals surface area contributed by atoms with Crippen molar-refractivity contribution < 1.29 is 9.69 Å². The molecule has 1 N–H and O–H groups in total. The Labute approximate surface area is 109 Å². The van der Waals surface area contributed by atoms with E-state index in [0.29, 0.717) is 0 Å². The maximum Gasteiger partial charge on any atom is 0.150 e. The van der Waals surface area contributed by atoms with Crippen molar-refractivity contribution >= 4 is 12.0 Å². The van der Waals surface area contributed by atoms with Crippen LogP contribution in [0.3, 0.4) is 0 Å². The molecule has 0 atom stereocenters. The van der Waals surface area contributed by atoms with Gasteiger partial charge in [0.05, 0.1) is 32.7 Å². The summed E-state index contributed by atoms with van der Waals surface area (Å²) in [5.74, 6) is 0. The minimum atomic E-state index is 0.787. The molecule has 3 heteroatoms. The Balaban J connectivity index is 2.03. The second-order valence-electron chi connectivity index (χ2n) is 4.89. The molecule has 0 amide bonds. The second kappa shape index (κ2) is 5.83. The van der Waals surface area contributed by atoms with Crippen LogP contribution in [0.2, 0.25) is 0 Å². The van der Waals surface area contributed by atoms with Gasteiger partial charge in [0.15, 0.2) is 0 Å². The molecular formula is C15H21N2O+. The number of aryl methyl sites for hydroxylation is 1. The van der Waals surface area contributed by atoms with Gasteiger partial charge >= 0.3 is 0 Å². The van der Waals surface area contributed by atoms with E-state index < -0.39 is 0 Å². The van der Waals surface area contributed by atoms with E-state index >= 15 is 0 Å². The van der Waals surface area contributed by atoms with E-state index in [-0.39, 0.29) is 0 Å². The molecule has 1 aromatic rings. The van der Waals surface area contributed by atoms with Crippen molar-refractivity contribution in [2.24, 2.45) is 0 Å². The largest absolute Gasteiger partial charge is 0.360 e. The lowest BCUT2D eigenvalue weighted by Crippen LogP contribution is -3.14. The smallest absolute Gasteiger partial charge is 0.150 e. The number of nitrogens with one attached hydrogen (secondary N) is 1. The zero-order valence-electron chi connectivity index (χ0n) is 11.0. The van der Waals surface area contributed by atoms with Crippen molar-refractivity contribution in [3.05, 3.63) is 42.0 Å².